The molecule has 0 amide bonds. The van der Waals surface area contributed by atoms with E-state index in [4.69, 9.17) is 16.3 Å². The number of anilines is 1. The molecule has 0 unspecified atom stereocenters. The number of nitrogens with one attached hydrogen (secondary N) is 1. The molecule has 1 heterocycles. The second-order valence-corrected chi connectivity index (χ2v) is 9.04. The molecule has 2 aromatic rings. The van der Waals surface area contributed by atoms with Crippen LogP contribution in [0.3, 0.4) is 0 Å². The molecule has 1 aromatic heterocycles. The Morgan fingerprint density at radius 1 is 1.36 bits per heavy atom. The Labute approximate surface area is 155 Å². The Morgan fingerprint density at radius 3 is 2.64 bits per heavy atom. The van der Waals surface area contributed by atoms with Crippen LogP contribution in [-0.2, 0) is 14.6 Å². The van der Waals surface area contributed by atoms with Crippen LogP contribution in [0, 0.1) is 0 Å². The fourth-order valence-electron chi connectivity index (χ4n) is 1.90. The molecule has 134 valence electrons. The normalized spacial score (nSPS) is 11.9. The topological polar surface area (TPSA) is 84.8 Å². The van der Waals surface area contributed by atoms with Gasteiger partial charge in [0.2, 0.25) is 0 Å². The number of ether oxygens (including phenoxy) is 1. The Bertz CT molecular complexity index is 905. The first kappa shape index (κ1) is 19.4. The van der Waals surface area contributed by atoms with Gasteiger partial charge in [-0.25, -0.2) is 13.2 Å². The number of benzene rings is 1. The fourth-order valence-corrected chi connectivity index (χ4v) is 4.57. The molecule has 0 aliphatic rings. The lowest BCUT2D eigenvalue weighted by Crippen LogP contribution is -2.15. The van der Waals surface area contributed by atoms with E-state index in [0.29, 0.717) is 10.6 Å². The number of thiophene rings is 1. The van der Waals surface area contributed by atoms with E-state index in [-0.39, 0.29) is 15.5 Å². The van der Waals surface area contributed by atoms with E-state index in [1.165, 1.54) is 18.7 Å². The van der Waals surface area contributed by atoms with Gasteiger partial charge < -0.3 is 4.74 Å². The number of methoxy groups -OCH3 is 1. The van der Waals surface area contributed by atoms with Crippen LogP contribution >= 0.6 is 22.9 Å². The average Bonchev–Trinajstić information content (AvgIpc) is 3.00. The number of rotatable bonds is 6. The Kier molecular flexibility index (Phi) is 6.21. The van der Waals surface area contributed by atoms with Crippen LogP contribution in [-0.4, -0.2) is 33.0 Å². The van der Waals surface area contributed by atoms with Crippen LogP contribution < -0.4 is 5.43 Å². The van der Waals surface area contributed by atoms with E-state index < -0.39 is 21.1 Å². The van der Waals surface area contributed by atoms with Crippen molar-refractivity contribution in [3.63, 3.8) is 0 Å². The van der Waals surface area contributed by atoms with Gasteiger partial charge in [0, 0.05) is 16.0 Å². The molecule has 0 spiro atoms. The first-order valence-corrected chi connectivity index (χ1v) is 10.1. The van der Waals surface area contributed by atoms with Crippen LogP contribution in [0.5, 0.6) is 0 Å². The van der Waals surface area contributed by atoms with Crippen molar-refractivity contribution < 1.29 is 17.9 Å². The summed E-state index contributed by atoms with van der Waals surface area (Å²) in [6.07, 6.45) is 1.45. The number of hydrogen-bond donors (Lipinski definition) is 1. The summed E-state index contributed by atoms with van der Waals surface area (Å²) in [5.74, 6) is -0.634. The Hall–Kier alpha value is -1.90. The van der Waals surface area contributed by atoms with E-state index in [9.17, 15) is 13.2 Å². The minimum atomic E-state index is -3.59. The zero-order chi connectivity index (χ0) is 18.6. The second kappa shape index (κ2) is 7.99. The molecule has 0 atom stereocenters. The summed E-state index contributed by atoms with van der Waals surface area (Å²) in [6, 6.07) is 7.05. The molecule has 0 saturated heterocycles. The number of hydrazone groups is 1. The van der Waals surface area contributed by atoms with Crippen molar-refractivity contribution in [2.45, 2.75) is 24.0 Å². The van der Waals surface area contributed by atoms with Gasteiger partial charge in [-0.3, -0.25) is 5.43 Å². The van der Waals surface area contributed by atoms with E-state index >= 15 is 0 Å². The lowest BCUT2D eigenvalue weighted by atomic mass is 10.2. The summed E-state index contributed by atoms with van der Waals surface area (Å²) in [5.41, 5.74) is 3.41. The third-order valence-electron chi connectivity index (χ3n) is 3.34. The van der Waals surface area contributed by atoms with Crippen LogP contribution in [0.2, 0.25) is 5.02 Å². The number of halogens is 1. The Balaban J connectivity index is 2.42. The number of hydrogen-bond acceptors (Lipinski definition) is 7. The number of sulfone groups is 1. The van der Waals surface area contributed by atoms with Gasteiger partial charge in [-0.05, 0) is 19.9 Å². The van der Waals surface area contributed by atoms with Crippen molar-refractivity contribution in [3.8, 4) is 0 Å². The molecular formula is C16H17ClN2O4S2. The molecule has 0 radical (unpaired) electrons. The van der Waals surface area contributed by atoms with Crippen LogP contribution in [0.4, 0.5) is 5.69 Å². The molecule has 2 rings (SSSR count). The molecule has 0 aliphatic heterocycles. The second-order valence-electron chi connectivity index (χ2n) is 5.28. The molecule has 0 aliphatic carbocycles. The van der Waals surface area contributed by atoms with E-state index in [1.54, 1.807) is 38.1 Å². The van der Waals surface area contributed by atoms with Gasteiger partial charge in [-0.15, -0.1) is 11.3 Å². The van der Waals surface area contributed by atoms with Gasteiger partial charge in [0.05, 0.1) is 18.6 Å². The van der Waals surface area contributed by atoms with Gasteiger partial charge in [0.15, 0.2) is 9.84 Å². The minimum absolute atomic E-state index is 0.0178. The van der Waals surface area contributed by atoms with E-state index in [1.807, 2.05) is 0 Å². The van der Waals surface area contributed by atoms with Crippen molar-refractivity contribution >= 4 is 50.6 Å². The first-order valence-electron chi connectivity index (χ1n) is 7.26. The number of nitrogens with zero attached hydrogens (tertiary/aromatic N) is 1. The number of carbonyl (C=O) groups is 1. The summed E-state index contributed by atoms with van der Waals surface area (Å²) in [7, 11) is -2.36. The summed E-state index contributed by atoms with van der Waals surface area (Å²) < 4.78 is 29.7. The molecule has 1 aromatic carbocycles. The predicted molar refractivity (Wildman–Crippen MR) is 101 cm³/mol. The summed E-state index contributed by atoms with van der Waals surface area (Å²) in [5, 5.41) is 5.31. The molecular weight excluding hydrogens is 384 g/mol. The van der Waals surface area contributed by atoms with Gasteiger partial charge in [-0.2, -0.15) is 5.10 Å². The van der Waals surface area contributed by atoms with E-state index in [2.05, 4.69) is 10.5 Å². The maximum absolute atomic E-state index is 12.5. The van der Waals surface area contributed by atoms with Crippen LogP contribution in [0.1, 0.15) is 29.1 Å². The number of carbonyl (C=O) groups excluding carboxylic acids is 1. The zero-order valence-corrected chi connectivity index (χ0v) is 16.2. The third kappa shape index (κ3) is 4.20. The van der Waals surface area contributed by atoms with Gasteiger partial charge >= 0.3 is 5.97 Å². The lowest BCUT2D eigenvalue weighted by Gasteiger charge is -2.09. The standard InChI is InChI=1S/C16H17ClN2O4S2/c1-10(2)25(21,22)13-9-24-15(16(20)23-3)14(13)19-18-8-11-6-4-5-7-12(11)17/h4-10,19H,1-3H3. The number of esters is 1. The largest absolute Gasteiger partial charge is 0.465 e. The smallest absolute Gasteiger partial charge is 0.350 e. The van der Waals surface area contributed by atoms with Crippen molar-refractivity contribution in [2.24, 2.45) is 5.10 Å². The predicted octanol–water partition coefficient (Wildman–Crippen LogP) is 3.82. The SMILES string of the molecule is COC(=O)c1scc(S(=O)(=O)C(C)C)c1NN=Cc1ccccc1Cl. The maximum atomic E-state index is 12.5. The summed E-state index contributed by atoms with van der Waals surface area (Å²) in [4.78, 5) is 12.1. The minimum Gasteiger partial charge on any atom is -0.465 e. The van der Waals surface area contributed by atoms with Crippen LogP contribution in [0.25, 0.3) is 0 Å². The highest BCUT2D eigenvalue weighted by molar-refractivity contribution is 7.92. The van der Waals surface area contributed by atoms with Crippen molar-refractivity contribution in [2.75, 3.05) is 12.5 Å². The third-order valence-corrected chi connectivity index (χ3v) is 6.97. The average molecular weight is 401 g/mol. The highest BCUT2D eigenvalue weighted by atomic mass is 35.5. The molecule has 1 N–H and O–H groups in total. The summed E-state index contributed by atoms with van der Waals surface area (Å²) >= 11 is 7.03. The van der Waals surface area contributed by atoms with Crippen LogP contribution in [0.15, 0.2) is 39.6 Å². The van der Waals surface area contributed by atoms with Gasteiger partial charge in [0.25, 0.3) is 0 Å². The maximum Gasteiger partial charge on any atom is 0.350 e. The lowest BCUT2D eigenvalue weighted by molar-refractivity contribution is 0.0607. The zero-order valence-electron chi connectivity index (χ0n) is 13.8. The van der Waals surface area contributed by atoms with Crippen molar-refractivity contribution in [3.05, 3.63) is 45.1 Å². The molecule has 25 heavy (non-hydrogen) atoms. The first-order chi connectivity index (χ1) is 11.8. The fraction of sp³-hybridized carbons (Fsp3) is 0.250. The summed E-state index contributed by atoms with van der Waals surface area (Å²) in [6.45, 7) is 3.14. The molecule has 6 nitrogen and oxygen atoms in total. The molecule has 0 saturated carbocycles. The Morgan fingerprint density at radius 2 is 2.04 bits per heavy atom. The quantitative estimate of drug-likeness (QED) is 0.452. The molecule has 0 fully saturated rings. The highest BCUT2D eigenvalue weighted by Gasteiger charge is 2.29. The highest BCUT2D eigenvalue weighted by Crippen LogP contribution is 2.34. The molecule has 0 bridgehead atoms. The monoisotopic (exact) mass is 400 g/mol. The van der Waals surface area contributed by atoms with Gasteiger partial charge in [0.1, 0.15) is 15.5 Å². The van der Waals surface area contributed by atoms with Crippen molar-refractivity contribution in [1.29, 1.82) is 0 Å². The van der Waals surface area contributed by atoms with Gasteiger partial charge in [-0.1, -0.05) is 29.8 Å². The molecule has 9 heteroatoms. The van der Waals surface area contributed by atoms with E-state index in [0.717, 1.165) is 11.3 Å². The van der Waals surface area contributed by atoms with Crippen molar-refractivity contribution in [1.82, 2.24) is 0 Å².